The van der Waals surface area contributed by atoms with E-state index in [1.807, 2.05) is 37.4 Å². The highest BCUT2D eigenvalue weighted by Crippen LogP contribution is 2.32. The van der Waals surface area contributed by atoms with Gasteiger partial charge in [-0.3, -0.25) is 9.80 Å². The smallest absolute Gasteiger partial charge is 0.253 e. The summed E-state index contributed by atoms with van der Waals surface area (Å²) in [6.45, 7) is 2.10. The van der Waals surface area contributed by atoms with Crippen LogP contribution in [0.2, 0.25) is 0 Å². The molecule has 0 radical (unpaired) electrons. The molecule has 32 heavy (non-hydrogen) atoms. The number of aromatic nitrogens is 2. The van der Waals surface area contributed by atoms with Gasteiger partial charge in [0.15, 0.2) is 5.82 Å². The minimum atomic E-state index is -0.586. The van der Waals surface area contributed by atoms with Crippen molar-refractivity contribution >= 4 is 17.6 Å². The van der Waals surface area contributed by atoms with Crippen LogP contribution in [-0.2, 0) is 11.2 Å². The summed E-state index contributed by atoms with van der Waals surface area (Å²) in [5, 5.41) is 6.28. The summed E-state index contributed by atoms with van der Waals surface area (Å²) in [6.07, 6.45) is 1.90. The first-order valence-corrected chi connectivity index (χ1v) is 10.4. The molecule has 164 valence electrons. The number of nitrogens with two attached hydrogens (primary N) is 1. The molecule has 1 aromatic heterocycles. The second-order valence-electron chi connectivity index (χ2n) is 7.76. The molecular weight excluding hydrogens is 404 g/mol. The van der Waals surface area contributed by atoms with Crippen molar-refractivity contribution in [3.8, 4) is 11.3 Å². The molecule has 0 saturated carbocycles. The molecule has 0 spiro atoms. The summed E-state index contributed by atoms with van der Waals surface area (Å²) in [5.41, 5.74) is 10.8. The molecule has 0 aliphatic carbocycles. The molecule has 1 amide bonds. The number of nitrogen functional groups attached to an aromatic ring is 1. The maximum absolute atomic E-state index is 12.1. The zero-order valence-corrected chi connectivity index (χ0v) is 18.6. The normalized spacial score (nSPS) is 15.3. The van der Waals surface area contributed by atoms with Crippen LogP contribution in [0.5, 0.6) is 0 Å². The lowest BCUT2D eigenvalue weighted by molar-refractivity contribution is 0.0744. The number of anilines is 1. The van der Waals surface area contributed by atoms with E-state index in [0.717, 1.165) is 23.1 Å². The second kappa shape index (κ2) is 8.66. The Morgan fingerprint density at radius 2 is 1.88 bits per heavy atom. The number of hydrazone groups is 1. The molecule has 8 nitrogen and oxygen atoms in total. The minimum absolute atomic E-state index is 0.0568. The van der Waals surface area contributed by atoms with Gasteiger partial charge >= 0.3 is 0 Å². The van der Waals surface area contributed by atoms with E-state index in [-0.39, 0.29) is 11.7 Å². The summed E-state index contributed by atoms with van der Waals surface area (Å²) in [6, 6.07) is 15.3. The van der Waals surface area contributed by atoms with Crippen molar-refractivity contribution in [2.24, 2.45) is 5.10 Å². The number of carbonyl (C=O) groups is 1. The lowest BCUT2D eigenvalue weighted by Crippen LogP contribution is -2.21. The van der Waals surface area contributed by atoms with Crippen LogP contribution < -0.4 is 5.73 Å². The monoisotopic (exact) mass is 430 g/mol. The lowest BCUT2D eigenvalue weighted by atomic mass is 10.1. The zero-order valence-electron chi connectivity index (χ0n) is 18.6. The van der Waals surface area contributed by atoms with Crippen molar-refractivity contribution in [3.63, 3.8) is 0 Å². The molecule has 2 N–H and O–H groups in total. The molecule has 1 atom stereocenters. The van der Waals surface area contributed by atoms with Gasteiger partial charge in [-0.05, 0) is 30.2 Å². The number of carbonyl (C=O) groups excluding carboxylic acids is 1. The molecule has 0 fully saturated rings. The molecule has 1 unspecified atom stereocenters. The summed E-state index contributed by atoms with van der Waals surface area (Å²) < 4.78 is 6.18. The first-order chi connectivity index (χ1) is 15.4. The second-order valence-corrected chi connectivity index (χ2v) is 7.76. The van der Waals surface area contributed by atoms with Gasteiger partial charge < -0.3 is 15.4 Å². The fraction of sp³-hybridized carbons (Fsp3) is 0.250. The highest BCUT2D eigenvalue weighted by atomic mass is 16.5. The molecule has 0 saturated heterocycles. The maximum atomic E-state index is 12.1. The third kappa shape index (κ3) is 3.99. The third-order valence-corrected chi connectivity index (χ3v) is 5.34. The van der Waals surface area contributed by atoms with Gasteiger partial charge in [0.1, 0.15) is 5.69 Å². The van der Waals surface area contributed by atoms with E-state index in [2.05, 4.69) is 23.1 Å². The predicted octanol–water partition coefficient (Wildman–Crippen LogP) is 3.31. The summed E-state index contributed by atoms with van der Waals surface area (Å²) in [4.78, 5) is 22.7. The molecule has 3 aromatic rings. The van der Waals surface area contributed by atoms with E-state index >= 15 is 0 Å². The first kappa shape index (κ1) is 21.3. The lowest BCUT2D eigenvalue weighted by Gasteiger charge is -2.19. The molecule has 0 bridgehead atoms. The Hall–Kier alpha value is -3.94. The third-order valence-electron chi connectivity index (χ3n) is 5.34. The fourth-order valence-corrected chi connectivity index (χ4v) is 3.56. The quantitative estimate of drug-likeness (QED) is 0.667. The van der Waals surface area contributed by atoms with Crippen LogP contribution in [0.15, 0.2) is 59.8 Å². The average molecular weight is 431 g/mol. The maximum Gasteiger partial charge on any atom is 0.253 e. The first-order valence-electron chi connectivity index (χ1n) is 10.4. The van der Waals surface area contributed by atoms with Crippen LogP contribution in [0, 0.1) is 0 Å². The number of hydrogen-bond acceptors (Lipinski definition) is 7. The molecule has 2 heterocycles. The van der Waals surface area contributed by atoms with Gasteiger partial charge in [-0.1, -0.05) is 37.3 Å². The summed E-state index contributed by atoms with van der Waals surface area (Å²) in [5.74, 6) is 0.761. The Balaban J connectivity index is 1.62. The number of amides is 1. The molecule has 4 rings (SSSR count). The van der Waals surface area contributed by atoms with Gasteiger partial charge in [-0.25, -0.2) is 9.97 Å². The molecule has 2 aromatic carbocycles. The van der Waals surface area contributed by atoms with Crippen molar-refractivity contribution in [1.82, 2.24) is 19.9 Å². The van der Waals surface area contributed by atoms with Crippen LogP contribution in [-0.4, -0.2) is 52.8 Å². The van der Waals surface area contributed by atoms with Crippen LogP contribution in [0.4, 0.5) is 5.82 Å². The number of nitrogens with zero attached hydrogens (tertiary/aromatic N) is 5. The topological polar surface area (TPSA) is 96.9 Å². The fourth-order valence-electron chi connectivity index (χ4n) is 3.56. The number of hydrogen-bond donors (Lipinski definition) is 1. The Morgan fingerprint density at radius 3 is 2.56 bits per heavy atom. The highest BCUT2D eigenvalue weighted by molar-refractivity contribution is 5.96. The average Bonchev–Trinajstić information content (AvgIpc) is 3.20. The van der Waals surface area contributed by atoms with E-state index in [0.29, 0.717) is 22.8 Å². The Kier molecular flexibility index (Phi) is 5.77. The van der Waals surface area contributed by atoms with Gasteiger partial charge in [0, 0.05) is 37.8 Å². The van der Waals surface area contributed by atoms with Gasteiger partial charge in [-0.15, -0.1) is 5.10 Å². The standard InChI is InChI=1S/C24H26N6O2/c1-5-15-8-6-7-9-18(15)22-28-30(4)24(32-22)20-21(25)26-14-19(27-20)16-10-12-17(13-11-16)23(31)29(2)3/h6-14,24H,5H2,1-4H3,(H2,25,26). The minimum Gasteiger partial charge on any atom is -0.444 e. The molecule has 1 aliphatic rings. The van der Waals surface area contributed by atoms with Crippen LogP contribution in [0.3, 0.4) is 0 Å². The largest absolute Gasteiger partial charge is 0.444 e. The molecule has 1 aliphatic heterocycles. The van der Waals surface area contributed by atoms with Gasteiger partial charge in [0.2, 0.25) is 12.1 Å². The SMILES string of the molecule is CCc1ccccc1C1=NN(C)C(c2nc(-c3ccc(C(=O)N(C)C)cc3)cnc2N)O1. The van der Waals surface area contributed by atoms with E-state index < -0.39 is 6.23 Å². The predicted molar refractivity (Wildman–Crippen MR) is 124 cm³/mol. The van der Waals surface area contributed by atoms with Crippen LogP contribution >= 0.6 is 0 Å². The number of rotatable bonds is 5. The van der Waals surface area contributed by atoms with Crippen molar-refractivity contribution in [2.45, 2.75) is 19.6 Å². The van der Waals surface area contributed by atoms with Crippen molar-refractivity contribution in [3.05, 3.63) is 77.1 Å². The molecule has 8 heteroatoms. The van der Waals surface area contributed by atoms with Gasteiger partial charge in [0.25, 0.3) is 5.91 Å². The molecular formula is C24H26N6O2. The van der Waals surface area contributed by atoms with E-state index in [9.17, 15) is 4.79 Å². The zero-order chi connectivity index (χ0) is 22.8. The van der Waals surface area contributed by atoms with Crippen molar-refractivity contribution in [2.75, 3.05) is 26.9 Å². The van der Waals surface area contributed by atoms with Crippen LogP contribution in [0.25, 0.3) is 11.3 Å². The van der Waals surface area contributed by atoms with Gasteiger partial charge in [0.05, 0.1) is 11.9 Å². The van der Waals surface area contributed by atoms with Crippen molar-refractivity contribution < 1.29 is 9.53 Å². The highest BCUT2D eigenvalue weighted by Gasteiger charge is 2.32. The summed E-state index contributed by atoms with van der Waals surface area (Å²) in [7, 11) is 5.27. The Labute approximate surface area is 187 Å². The van der Waals surface area contributed by atoms with Crippen molar-refractivity contribution in [1.29, 1.82) is 0 Å². The van der Waals surface area contributed by atoms with Gasteiger partial charge in [-0.2, -0.15) is 0 Å². The summed E-state index contributed by atoms with van der Waals surface area (Å²) >= 11 is 0. The van der Waals surface area contributed by atoms with E-state index in [4.69, 9.17) is 15.5 Å². The van der Waals surface area contributed by atoms with E-state index in [1.54, 1.807) is 37.4 Å². The van der Waals surface area contributed by atoms with Crippen LogP contribution in [0.1, 0.15) is 40.3 Å². The number of aryl methyl sites for hydroxylation is 1. The van der Waals surface area contributed by atoms with E-state index in [1.165, 1.54) is 4.90 Å². The number of benzene rings is 2. The number of ether oxygens (including phenoxy) is 1. The Morgan fingerprint density at radius 1 is 1.16 bits per heavy atom. The Bertz CT molecular complexity index is 1170.